The molecule has 0 aliphatic heterocycles. The monoisotopic (exact) mass is 363 g/mol. The maximum Gasteiger partial charge on any atom is 0.340 e. The normalized spacial score (nSPS) is 11.8. The number of Topliss-reactive ketones (excluding diaryl/α,β-unsaturated/α-hetero) is 1. The summed E-state index contributed by atoms with van der Waals surface area (Å²) in [5.74, 6) is -1.32. The van der Waals surface area contributed by atoms with Gasteiger partial charge in [-0.25, -0.2) is 4.79 Å². The van der Waals surface area contributed by atoms with Crippen LogP contribution >= 0.6 is 11.3 Å². The van der Waals surface area contributed by atoms with E-state index in [2.05, 4.69) is 4.98 Å². The Morgan fingerprint density at radius 2 is 2.00 bits per heavy atom. The maximum atomic E-state index is 12.6. The third kappa shape index (κ3) is 4.36. The van der Waals surface area contributed by atoms with Crippen LogP contribution in [-0.2, 0) is 20.7 Å². The molecule has 2 rings (SSSR count). The zero-order chi connectivity index (χ0) is 18.6. The van der Waals surface area contributed by atoms with Crippen molar-refractivity contribution in [3.8, 4) is 0 Å². The lowest BCUT2D eigenvalue weighted by Gasteiger charge is -2.12. The van der Waals surface area contributed by atoms with Gasteiger partial charge in [0.15, 0.2) is 6.10 Å². The minimum atomic E-state index is -0.945. The number of H-pyrrole nitrogens is 1. The first kappa shape index (κ1) is 18.9. The average Bonchev–Trinajstić information content (AvgIpc) is 3.14. The van der Waals surface area contributed by atoms with Crippen molar-refractivity contribution < 1.29 is 23.9 Å². The molecule has 0 spiro atoms. The van der Waals surface area contributed by atoms with E-state index in [1.165, 1.54) is 18.3 Å². The lowest BCUT2D eigenvalue weighted by Crippen LogP contribution is -2.26. The second-order valence-corrected chi connectivity index (χ2v) is 6.63. The van der Waals surface area contributed by atoms with Gasteiger partial charge >= 0.3 is 11.9 Å². The molecule has 2 heterocycles. The molecule has 134 valence electrons. The molecule has 0 aliphatic carbocycles. The highest BCUT2D eigenvalue weighted by molar-refractivity contribution is 7.10. The molecule has 0 fully saturated rings. The second-order valence-electron chi connectivity index (χ2n) is 5.60. The second kappa shape index (κ2) is 8.11. The van der Waals surface area contributed by atoms with E-state index in [1.54, 1.807) is 20.8 Å². The topological polar surface area (TPSA) is 85.5 Å². The van der Waals surface area contributed by atoms with E-state index in [0.717, 1.165) is 4.88 Å². The van der Waals surface area contributed by atoms with Crippen LogP contribution in [0.5, 0.6) is 0 Å². The number of thiophene rings is 1. The van der Waals surface area contributed by atoms with E-state index in [4.69, 9.17) is 9.47 Å². The molecule has 0 saturated heterocycles. The lowest BCUT2D eigenvalue weighted by atomic mass is 10.1. The van der Waals surface area contributed by atoms with Crippen molar-refractivity contribution in [2.24, 2.45) is 0 Å². The van der Waals surface area contributed by atoms with Gasteiger partial charge < -0.3 is 14.5 Å². The summed E-state index contributed by atoms with van der Waals surface area (Å²) in [7, 11) is 0. The highest BCUT2D eigenvalue weighted by atomic mass is 32.1. The van der Waals surface area contributed by atoms with Crippen LogP contribution in [-0.4, -0.2) is 35.4 Å². The molecule has 2 aromatic rings. The highest BCUT2D eigenvalue weighted by Crippen LogP contribution is 2.21. The van der Waals surface area contributed by atoms with Gasteiger partial charge in [-0.3, -0.25) is 9.59 Å². The van der Waals surface area contributed by atoms with E-state index < -0.39 is 18.0 Å². The SMILES string of the molecule is CCOC(=O)c1c(C)[nH]c(C(=O)[C@H](C)OC(=O)Cc2cccs2)c1C. The molecule has 0 aromatic carbocycles. The number of aryl methyl sites for hydroxylation is 1. The molecule has 0 aliphatic rings. The molecule has 0 unspecified atom stereocenters. The fourth-order valence-corrected chi connectivity index (χ4v) is 3.25. The van der Waals surface area contributed by atoms with Crippen LogP contribution in [0.15, 0.2) is 17.5 Å². The number of hydrogen-bond acceptors (Lipinski definition) is 6. The van der Waals surface area contributed by atoms with Crippen molar-refractivity contribution in [2.45, 2.75) is 40.2 Å². The smallest absolute Gasteiger partial charge is 0.340 e. The first-order chi connectivity index (χ1) is 11.8. The summed E-state index contributed by atoms with van der Waals surface area (Å²) >= 11 is 1.46. The summed E-state index contributed by atoms with van der Waals surface area (Å²) in [6, 6.07) is 3.69. The van der Waals surface area contributed by atoms with E-state index in [1.807, 2.05) is 17.5 Å². The van der Waals surface area contributed by atoms with Gasteiger partial charge in [0.2, 0.25) is 5.78 Å². The van der Waals surface area contributed by atoms with Crippen LogP contribution in [0, 0.1) is 13.8 Å². The Hall–Kier alpha value is -2.41. The van der Waals surface area contributed by atoms with Crippen molar-refractivity contribution >= 4 is 29.1 Å². The van der Waals surface area contributed by atoms with E-state index in [0.29, 0.717) is 16.8 Å². The number of rotatable bonds is 7. The lowest BCUT2D eigenvalue weighted by molar-refractivity contribution is -0.145. The quantitative estimate of drug-likeness (QED) is 0.603. The van der Waals surface area contributed by atoms with Crippen LogP contribution in [0.1, 0.15) is 50.8 Å². The van der Waals surface area contributed by atoms with Gasteiger partial charge in [0.1, 0.15) is 0 Å². The van der Waals surface area contributed by atoms with Gasteiger partial charge in [0.05, 0.1) is 24.3 Å². The molecule has 0 amide bonds. The Morgan fingerprint density at radius 1 is 1.28 bits per heavy atom. The summed E-state index contributed by atoms with van der Waals surface area (Å²) < 4.78 is 10.2. The third-order valence-electron chi connectivity index (χ3n) is 3.74. The number of aromatic nitrogens is 1. The number of nitrogens with one attached hydrogen (secondary N) is 1. The molecule has 1 atom stereocenters. The Labute approximate surface area is 150 Å². The van der Waals surface area contributed by atoms with Crippen LogP contribution in [0.25, 0.3) is 0 Å². The predicted octanol–water partition coefficient (Wildman–Crippen LogP) is 3.23. The fourth-order valence-electron chi connectivity index (χ4n) is 2.56. The molecule has 25 heavy (non-hydrogen) atoms. The van der Waals surface area contributed by atoms with Crippen molar-refractivity contribution in [1.29, 1.82) is 0 Å². The van der Waals surface area contributed by atoms with Crippen molar-refractivity contribution in [3.05, 3.63) is 44.9 Å². The molecular weight excluding hydrogens is 342 g/mol. The summed E-state index contributed by atoms with van der Waals surface area (Å²) in [5.41, 5.74) is 1.66. The molecule has 6 nitrogen and oxygen atoms in total. The van der Waals surface area contributed by atoms with Crippen molar-refractivity contribution in [3.63, 3.8) is 0 Å². The summed E-state index contributed by atoms with van der Waals surface area (Å²) in [5, 5.41) is 1.87. The number of hydrogen-bond donors (Lipinski definition) is 1. The number of carbonyl (C=O) groups excluding carboxylic acids is 3. The van der Waals surface area contributed by atoms with E-state index >= 15 is 0 Å². The standard InChI is InChI=1S/C18H21NO5S/c1-5-23-18(22)15-10(2)16(19-11(15)3)17(21)12(4)24-14(20)9-13-7-6-8-25-13/h6-8,12,19H,5,9H2,1-4H3/t12-/m0/s1. The average molecular weight is 363 g/mol. The number of ketones is 1. The summed E-state index contributed by atoms with van der Waals surface area (Å²) in [6.45, 7) is 6.86. The van der Waals surface area contributed by atoms with Crippen molar-refractivity contribution in [2.75, 3.05) is 6.61 Å². The molecule has 0 radical (unpaired) electrons. The first-order valence-corrected chi connectivity index (χ1v) is 8.85. The Balaban J connectivity index is 2.10. The fraction of sp³-hybridized carbons (Fsp3) is 0.389. The summed E-state index contributed by atoms with van der Waals surface area (Å²) in [6.07, 6.45) is -0.814. The molecular formula is C18H21NO5S. The molecule has 0 bridgehead atoms. The predicted molar refractivity (Wildman–Crippen MR) is 94.1 cm³/mol. The molecule has 2 aromatic heterocycles. The summed E-state index contributed by atoms with van der Waals surface area (Å²) in [4.78, 5) is 40.3. The number of ether oxygens (including phenoxy) is 2. The minimum absolute atomic E-state index is 0.131. The Kier molecular flexibility index (Phi) is 6.14. The van der Waals surface area contributed by atoms with Gasteiger partial charge in [-0.05, 0) is 44.7 Å². The zero-order valence-corrected chi connectivity index (χ0v) is 15.5. The Bertz CT molecular complexity index is 776. The van der Waals surface area contributed by atoms with Gasteiger partial charge in [-0.15, -0.1) is 11.3 Å². The van der Waals surface area contributed by atoms with Gasteiger partial charge in [0.25, 0.3) is 0 Å². The number of esters is 2. The van der Waals surface area contributed by atoms with E-state index in [9.17, 15) is 14.4 Å². The number of aromatic amines is 1. The van der Waals surface area contributed by atoms with Gasteiger partial charge in [-0.2, -0.15) is 0 Å². The van der Waals surface area contributed by atoms with Crippen LogP contribution in [0.4, 0.5) is 0 Å². The highest BCUT2D eigenvalue weighted by Gasteiger charge is 2.27. The van der Waals surface area contributed by atoms with Crippen molar-refractivity contribution in [1.82, 2.24) is 4.98 Å². The van der Waals surface area contributed by atoms with E-state index in [-0.39, 0.29) is 24.5 Å². The van der Waals surface area contributed by atoms with Gasteiger partial charge in [-0.1, -0.05) is 6.07 Å². The van der Waals surface area contributed by atoms with Crippen LogP contribution in [0.2, 0.25) is 0 Å². The Morgan fingerprint density at radius 3 is 2.60 bits per heavy atom. The molecule has 7 heteroatoms. The zero-order valence-electron chi connectivity index (χ0n) is 14.7. The third-order valence-corrected chi connectivity index (χ3v) is 4.62. The molecule has 0 saturated carbocycles. The maximum absolute atomic E-state index is 12.6. The van der Waals surface area contributed by atoms with Crippen LogP contribution in [0.3, 0.4) is 0 Å². The van der Waals surface area contributed by atoms with Gasteiger partial charge in [0, 0.05) is 10.6 Å². The molecule has 1 N–H and O–H groups in total. The largest absolute Gasteiger partial charge is 0.462 e. The number of carbonyl (C=O) groups is 3. The van der Waals surface area contributed by atoms with Crippen LogP contribution < -0.4 is 0 Å². The minimum Gasteiger partial charge on any atom is -0.462 e. The first-order valence-electron chi connectivity index (χ1n) is 7.97.